The molecule has 5 nitrogen and oxygen atoms in total. The third-order valence-electron chi connectivity index (χ3n) is 5.93. The van der Waals surface area contributed by atoms with E-state index in [0.717, 1.165) is 27.8 Å². The Morgan fingerprint density at radius 1 is 0.971 bits per heavy atom. The van der Waals surface area contributed by atoms with Crippen LogP contribution in [0, 0.1) is 0 Å². The Bertz CT molecular complexity index is 1310. The number of rotatable bonds is 6. The van der Waals surface area contributed by atoms with Gasteiger partial charge >= 0.3 is 0 Å². The van der Waals surface area contributed by atoms with Gasteiger partial charge in [-0.25, -0.2) is 0 Å². The zero-order chi connectivity index (χ0) is 24.0. The summed E-state index contributed by atoms with van der Waals surface area (Å²) in [6.45, 7) is 1.71. The molecule has 3 aromatic carbocycles. The third-order valence-corrected chi connectivity index (χ3v) is 6.16. The van der Waals surface area contributed by atoms with Gasteiger partial charge in [0.1, 0.15) is 13.2 Å². The Hall–Kier alpha value is -3.83. The summed E-state index contributed by atoms with van der Waals surface area (Å²) >= 11 is 6.27. The highest BCUT2D eigenvalue weighted by Crippen LogP contribution is 2.39. The van der Waals surface area contributed by atoms with Gasteiger partial charge in [0.15, 0.2) is 11.5 Å². The molecule has 0 fully saturated rings. The van der Waals surface area contributed by atoms with Crippen LogP contribution in [0.15, 0.2) is 91.3 Å². The van der Waals surface area contributed by atoms with Crippen molar-refractivity contribution in [2.45, 2.75) is 19.6 Å². The van der Waals surface area contributed by atoms with Gasteiger partial charge in [-0.1, -0.05) is 60.1 Å². The lowest BCUT2D eigenvalue weighted by atomic mass is 10.0. The summed E-state index contributed by atoms with van der Waals surface area (Å²) in [4.78, 5) is 19.2. The predicted octanol–water partition coefficient (Wildman–Crippen LogP) is 5.94. The maximum Gasteiger partial charge on any atom is 0.227 e. The average molecular weight is 485 g/mol. The van der Waals surface area contributed by atoms with E-state index in [1.54, 1.807) is 12.4 Å². The highest BCUT2D eigenvalue weighted by Gasteiger charge is 2.24. The minimum atomic E-state index is 0.0682. The standard InChI is InChI=1S/C29H25ClN2O3/c30-26-10-4-9-23(16-26)24-15-25-19-32(28(33)14-21-6-2-1-3-7-21)12-13-34-29(25)27(17-24)35-20-22-8-5-11-31-18-22/h1-11,15-18H,12-14,19-20H2. The first-order valence-corrected chi connectivity index (χ1v) is 11.9. The van der Waals surface area contributed by atoms with E-state index < -0.39 is 0 Å². The minimum Gasteiger partial charge on any atom is -0.487 e. The van der Waals surface area contributed by atoms with Crippen LogP contribution in [0.5, 0.6) is 11.5 Å². The van der Waals surface area contributed by atoms with Crippen LogP contribution >= 0.6 is 11.6 Å². The maximum atomic E-state index is 13.1. The van der Waals surface area contributed by atoms with E-state index in [2.05, 4.69) is 11.1 Å². The Kier molecular flexibility index (Phi) is 6.96. The number of halogens is 1. The second-order valence-electron chi connectivity index (χ2n) is 8.45. The number of amides is 1. The molecular formula is C29H25ClN2O3. The van der Waals surface area contributed by atoms with Crippen molar-refractivity contribution < 1.29 is 14.3 Å². The number of carbonyl (C=O) groups excluding carboxylic acids is 1. The van der Waals surface area contributed by atoms with Crippen LogP contribution < -0.4 is 9.47 Å². The lowest BCUT2D eigenvalue weighted by Gasteiger charge is -2.20. The van der Waals surface area contributed by atoms with Gasteiger partial charge in [0.25, 0.3) is 0 Å². The average Bonchev–Trinajstić information content (AvgIpc) is 3.11. The molecule has 176 valence electrons. The van der Waals surface area contributed by atoms with Crippen LogP contribution in [-0.4, -0.2) is 28.9 Å². The summed E-state index contributed by atoms with van der Waals surface area (Å²) < 4.78 is 12.4. The topological polar surface area (TPSA) is 51.7 Å². The van der Waals surface area contributed by atoms with Crippen molar-refractivity contribution in [2.75, 3.05) is 13.2 Å². The molecule has 0 N–H and O–H groups in total. The number of ether oxygens (including phenoxy) is 2. The summed E-state index contributed by atoms with van der Waals surface area (Å²) in [5.74, 6) is 1.38. The van der Waals surface area contributed by atoms with Crippen LogP contribution in [0.4, 0.5) is 0 Å². The van der Waals surface area contributed by atoms with Crippen molar-refractivity contribution in [3.63, 3.8) is 0 Å². The highest BCUT2D eigenvalue weighted by atomic mass is 35.5. The Morgan fingerprint density at radius 3 is 2.63 bits per heavy atom. The first-order chi connectivity index (χ1) is 17.2. The van der Waals surface area contributed by atoms with Crippen LogP contribution in [0.3, 0.4) is 0 Å². The zero-order valence-electron chi connectivity index (χ0n) is 19.2. The summed E-state index contributed by atoms with van der Waals surface area (Å²) in [6.07, 6.45) is 3.87. The fourth-order valence-corrected chi connectivity index (χ4v) is 4.36. The van der Waals surface area contributed by atoms with Gasteiger partial charge in [-0.3, -0.25) is 9.78 Å². The fourth-order valence-electron chi connectivity index (χ4n) is 4.17. The van der Waals surface area contributed by atoms with Gasteiger partial charge in [-0.05, 0) is 47.0 Å². The summed E-state index contributed by atoms with van der Waals surface area (Å²) in [5, 5.41) is 0.659. The number of aromatic nitrogens is 1. The van der Waals surface area contributed by atoms with Crippen LogP contribution in [0.25, 0.3) is 11.1 Å². The van der Waals surface area contributed by atoms with E-state index in [9.17, 15) is 4.79 Å². The highest BCUT2D eigenvalue weighted by molar-refractivity contribution is 6.30. The molecule has 0 atom stereocenters. The van der Waals surface area contributed by atoms with Crippen molar-refractivity contribution in [2.24, 2.45) is 0 Å². The molecule has 0 saturated heterocycles. The van der Waals surface area contributed by atoms with Gasteiger partial charge in [-0.2, -0.15) is 0 Å². The number of carbonyl (C=O) groups is 1. The molecule has 6 heteroatoms. The van der Waals surface area contributed by atoms with Crippen LogP contribution in [0.2, 0.25) is 5.02 Å². The second-order valence-corrected chi connectivity index (χ2v) is 8.89. The molecule has 1 amide bonds. The zero-order valence-corrected chi connectivity index (χ0v) is 19.9. The summed E-state index contributed by atoms with van der Waals surface area (Å²) in [5.41, 5.74) is 4.78. The van der Waals surface area contributed by atoms with E-state index in [0.29, 0.717) is 49.2 Å². The van der Waals surface area contributed by atoms with Crippen molar-refractivity contribution in [1.29, 1.82) is 0 Å². The van der Waals surface area contributed by atoms with Crippen molar-refractivity contribution >= 4 is 17.5 Å². The molecule has 1 aliphatic heterocycles. The molecular weight excluding hydrogens is 460 g/mol. The van der Waals surface area contributed by atoms with Crippen LogP contribution in [0.1, 0.15) is 16.7 Å². The molecule has 1 aliphatic rings. The largest absolute Gasteiger partial charge is 0.487 e. The molecule has 35 heavy (non-hydrogen) atoms. The van der Waals surface area contributed by atoms with Crippen molar-refractivity contribution in [3.8, 4) is 22.6 Å². The fraction of sp³-hybridized carbons (Fsp3) is 0.172. The lowest BCUT2D eigenvalue weighted by molar-refractivity contribution is -0.131. The Balaban J connectivity index is 1.47. The van der Waals surface area contributed by atoms with Gasteiger partial charge in [0.2, 0.25) is 5.91 Å². The number of fused-ring (bicyclic) bond motifs is 1. The number of nitrogens with zero attached hydrogens (tertiary/aromatic N) is 2. The van der Waals surface area contributed by atoms with E-state index in [4.69, 9.17) is 21.1 Å². The van der Waals surface area contributed by atoms with Crippen molar-refractivity contribution in [1.82, 2.24) is 9.88 Å². The molecule has 5 rings (SSSR count). The number of hydrogen-bond donors (Lipinski definition) is 0. The smallest absolute Gasteiger partial charge is 0.227 e. The van der Waals surface area contributed by atoms with E-state index >= 15 is 0 Å². The molecule has 2 heterocycles. The maximum absolute atomic E-state index is 13.1. The molecule has 0 unspecified atom stereocenters. The number of hydrogen-bond acceptors (Lipinski definition) is 4. The Labute approximate surface area is 209 Å². The van der Waals surface area contributed by atoms with E-state index in [1.165, 1.54) is 0 Å². The van der Waals surface area contributed by atoms with Crippen LogP contribution in [-0.2, 0) is 24.4 Å². The van der Waals surface area contributed by atoms with Gasteiger partial charge in [-0.15, -0.1) is 0 Å². The van der Waals surface area contributed by atoms with E-state index in [-0.39, 0.29) is 5.91 Å². The SMILES string of the molecule is O=C(Cc1ccccc1)N1CCOc2c(cc(-c3cccc(Cl)c3)cc2OCc2cccnc2)C1. The number of benzene rings is 3. The normalized spacial score (nSPS) is 12.9. The summed E-state index contributed by atoms with van der Waals surface area (Å²) in [6, 6.07) is 25.4. The third kappa shape index (κ3) is 5.64. The van der Waals surface area contributed by atoms with Crippen molar-refractivity contribution in [3.05, 3.63) is 113 Å². The van der Waals surface area contributed by atoms with Gasteiger partial charge < -0.3 is 14.4 Å². The second kappa shape index (κ2) is 10.6. The number of pyridine rings is 1. The molecule has 0 saturated carbocycles. The van der Waals surface area contributed by atoms with Gasteiger partial charge in [0.05, 0.1) is 13.0 Å². The Morgan fingerprint density at radius 2 is 1.83 bits per heavy atom. The molecule has 1 aromatic heterocycles. The first kappa shape index (κ1) is 22.9. The monoisotopic (exact) mass is 484 g/mol. The molecule has 0 aliphatic carbocycles. The van der Waals surface area contributed by atoms with E-state index in [1.807, 2.05) is 77.7 Å². The minimum absolute atomic E-state index is 0.0682. The lowest BCUT2D eigenvalue weighted by Crippen LogP contribution is -2.33. The predicted molar refractivity (Wildman–Crippen MR) is 137 cm³/mol. The quantitative estimate of drug-likeness (QED) is 0.339. The molecule has 0 bridgehead atoms. The van der Waals surface area contributed by atoms with Gasteiger partial charge in [0, 0.05) is 35.1 Å². The summed E-state index contributed by atoms with van der Waals surface area (Å²) in [7, 11) is 0. The molecule has 0 radical (unpaired) electrons. The molecule has 0 spiro atoms. The molecule has 4 aromatic rings. The first-order valence-electron chi connectivity index (χ1n) is 11.5.